The van der Waals surface area contributed by atoms with Gasteiger partial charge >= 0.3 is 0 Å². The van der Waals surface area contributed by atoms with Crippen molar-refractivity contribution >= 4 is 5.91 Å². The summed E-state index contributed by atoms with van der Waals surface area (Å²) in [6.45, 7) is 3.08. The number of carbonyl (C=O) groups excluding carboxylic acids is 1. The number of hydrogen-bond acceptors (Lipinski definition) is 4. The Balaban J connectivity index is 1.67. The maximum atomic E-state index is 14.1. The van der Waals surface area contributed by atoms with Gasteiger partial charge in [-0.2, -0.15) is 0 Å². The van der Waals surface area contributed by atoms with Gasteiger partial charge in [-0.25, -0.2) is 4.39 Å². The number of amides is 1. The molecular formula is C20H29FN2O3. The number of nitrogens with one attached hydrogen (secondary N) is 1. The highest BCUT2D eigenvalue weighted by Gasteiger charge is 2.47. The second kappa shape index (κ2) is 7.53. The predicted octanol–water partition coefficient (Wildman–Crippen LogP) is 2.61. The van der Waals surface area contributed by atoms with E-state index in [0.717, 1.165) is 25.7 Å². The first-order valence-electron chi connectivity index (χ1n) is 9.51. The van der Waals surface area contributed by atoms with Crippen LogP contribution < -0.4 is 10.1 Å². The Morgan fingerprint density at radius 3 is 2.77 bits per heavy atom. The number of likely N-dealkylation sites (tertiary alicyclic amines) is 1. The van der Waals surface area contributed by atoms with Crippen LogP contribution in [0, 0.1) is 5.82 Å². The van der Waals surface area contributed by atoms with Gasteiger partial charge in [0, 0.05) is 30.7 Å². The molecule has 2 fully saturated rings. The van der Waals surface area contributed by atoms with E-state index in [1.165, 1.54) is 13.2 Å². The van der Waals surface area contributed by atoms with Crippen molar-refractivity contribution in [1.29, 1.82) is 0 Å². The van der Waals surface area contributed by atoms with Gasteiger partial charge in [0.25, 0.3) is 5.91 Å². The minimum atomic E-state index is -1.41. The van der Waals surface area contributed by atoms with Crippen molar-refractivity contribution < 1.29 is 19.0 Å². The van der Waals surface area contributed by atoms with E-state index in [2.05, 4.69) is 12.2 Å². The second-order valence-corrected chi connectivity index (χ2v) is 7.70. The number of carbonyl (C=O) groups is 1. The third kappa shape index (κ3) is 4.01. The lowest BCUT2D eigenvalue weighted by Gasteiger charge is -2.39. The molecule has 1 atom stereocenters. The van der Waals surface area contributed by atoms with Gasteiger partial charge in [0.2, 0.25) is 0 Å². The van der Waals surface area contributed by atoms with Crippen LogP contribution in [0.4, 0.5) is 4.39 Å². The molecule has 1 aromatic carbocycles. The molecule has 0 aromatic heterocycles. The number of aliphatic hydroxyl groups is 1. The number of rotatable bonds is 8. The van der Waals surface area contributed by atoms with Crippen LogP contribution in [0.5, 0.6) is 5.75 Å². The summed E-state index contributed by atoms with van der Waals surface area (Å²) in [5.41, 5.74) is -0.900. The Labute approximate surface area is 154 Å². The predicted molar refractivity (Wildman–Crippen MR) is 97.4 cm³/mol. The zero-order chi connectivity index (χ0) is 18.8. The Kier molecular flexibility index (Phi) is 5.53. The standard InChI is InChI=1S/C20H29FN2O3/c1-3-7-19(9-10-19)22-14-20(25)8-4-11-23(18(20)24)13-15-12-16(26-2)5-6-17(15)21/h5-6,12,22,25H,3-4,7-11,13-14H2,1-2H3/t20-/m1/s1. The van der Waals surface area contributed by atoms with Crippen molar-refractivity contribution in [3.63, 3.8) is 0 Å². The molecule has 2 N–H and O–H groups in total. The molecule has 5 nitrogen and oxygen atoms in total. The lowest BCUT2D eigenvalue weighted by atomic mass is 9.90. The normalized spacial score (nSPS) is 24.6. The molecule has 6 heteroatoms. The second-order valence-electron chi connectivity index (χ2n) is 7.70. The minimum Gasteiger partial charge on any atom is -0.497 e. The fourth-order valence-electron chi connectivity index (χ4n) is 3.86. The number of β-amino-alcohol motifs (C(OH)–C–C–N with tert-alkyl or cyclic N) is 1. The van der Waals surface area contributed by atoms with Gasteiger partial charge in [0.15, 0.2) is 5.60 Å². The molecule has 2 aliphatic rings. The number of benzene rings is 1. The highest BCUT2D eigenvalue weighted by molar-refractivity contribution is 5.86. The number of nitrogens with zero attached hydrogens (tertiary/aromatic N) is 1. The molecular weight excluding hydrogens is 335 g/mol. The van der Waals surface area contributed by atoms with Crippen LogP contribution in [-0.2, 0) is 11.3 Å². The quantitative estimate of drug-likeness (QED) is 0.744. The Morgan fingerprint density at radius 2 is 2.12 bits per heavy atom. The summed E-state index contributed by atoms with van der Waals surface area (Å²) < 4.78 is 19.3. The van der Waals surface area contributed by atoms with E-state index >= 15 is 0 Å². The van der Waals surface area contributed by atoms with Gasteiger partial charge in [-0.15, -0.1) is 0 Å². The van der Waals surface area contributed by atoms with Crippen LogP contribution in [0.25, 0.3) is 0 Å². The largest absolute Gasteiger partial charge is 0.497 e. The van der Waals surface area contributed by atoms with E-state index in [1.54, 1.807) is 17.0 Å². The Bertz CT molecular complexity index is 662. The first-order valence-corrected chi connectivity index (χ1v) is 9.51. The molecule has 1 aliphatic heterocycles. The topological polar surface area (TPSA) is 61.8 Å². The highest BCUT2D eigenvalue weighted by atomic mass is 19.1. The molecule has 0 radical (unpaired) electrons. The number of piperidine rings is 1. The zero-order valence-electron chi connectivity index (χ0n) is 15.7. The minimum absolute atomic E-state index is 0.103. The number of methoxy groups -OCH3 is 1. The Hall–Kier alpha value is -1.66. The fourth-order valence-corrected chi connectivity index (χ4v) is 3.86. The summed E-state index contributed by atoms with van der Waals surface area (Å²) in [6.07, 6.45) is 5.50. The van der Waals surface area contributed by atoms with Crippen molar-refractivity contribution in [2.75, 3.05) is 20.2 Å². The van der Waals surface area contributed by atoms with Gasteiger partial charge < -0.3 is 20.1 Å². The van der Waals surface area contributed by atoms with Gasteiger partial charge in [-0.1, -0.05) is 13.3 Å². The van der Waals surface area contributed by atoms with Crippen molar-refractivity contribution in [1.82, 2.24) is 10.2 Å². The van der Waals surface area contributed by atoms with Crippen molar-refractivity contribution in [2.24, 2.45) is 0 Å². The van der Waals surface area contributed by atoms with Crippen molar-refractivity contribution in [3.05, 3.63) is 29.6 Å². The van der Waals surface area contributed by atoms with E-state index in [4.69, 9.17) is 4.74 Å². The molecule has 0 bridgehead atoms. The van der Waals surface area contributed by atoms with Crippen LogP contribution >= 0.6 is 0 Å². The van der Waals surface area contributed by atoms with E-state index < -0.39 is 5.60 Å². The number of ether oxygens (including phenoxy) is 1. The Morgan fingerprint density at radius 1 is 1.35 bits per heavy atom. The lowest BCUT2D eigenvalue weighted by Crippen LogP contribution is -2.59. The van der Waals surface area contributed by atoms with Crippen LogP contribution in [-0.4, -0.2) is 47.3 Å². The summed E-state index contributed by atoms with van der Waals surface area (Å²) in [5, 5.41) is 14.4. The molecule has 1 amide bonds. The van der Waals surface area contributed by atoms with E-state index in [1.807, 2.05) is 0 Å². The molecule has 1 heterocycles. The third-order valence-corrected chi connectivity index (χ3v) is 5.66. The van der Waals surface area contributed by atoms with Gasteiger partial charge in [0.05, 0.1) is 7.11 Å². The monoisotopic (exact) mass is 364 g/mol. The summed E-state index contributed by atoms with van der Waals surface area (Å²) in [4.78, 5) is 14.5. The molecule has 3 rings (SSSR count). The highest BCUT2D eigenvalue weighted by Crippen LogP contribution is 2.40. The molecule has 1 saturated carbocycles. The molecule has 144 valence electrons. The van der Waals surface area contributed by atoms with Gasteiger partial charge in [0.1, 0.15) is 11.6 Å². The van der Waals surface area contributed by atoms with Crippen LogP contribution in [0.2, 0.25) is 0 Å². The van der Waals surface area contributed by atoms with Crippen LogP contribution in [0.3, 0.4) is 0 Å². The lowest BCUT2D eigenvalue weighted by molar-refractivity contribution is -0.157. The molecule has 1 aliphatic carbocycles. The maximum Gasteiger partial charge on any atom is 0.256 e. The fraction of sp³-hybridized carbons (Fsp3) is 0.650. The zero-order valence-corrected chi connectivity index (χ0v) is 15.7. The molecule has 1 aromatic rings. The number of hydrogen-bond donors (Lipinski definition) is 2. The smallest absolute Gasteiger partial charge is 0.256 e. The van der Waals surface area contributed by atoms with E-state index in [-0.39, 0.29) is 30.4 Å². The van der Waals surface area contributed by atoms with Gasteiger partial charge in [-0.3, -0.25) is 4.79 Å². The average Bonchev–Trinajstić information content (AvgIpc) is 3.40. The summed E-state index contributed by atoms with van der Waals surface area (Å²) in [7, 11) is 1.53. The summed E-state index contributed by atoms with van der Waals surface area (Å²) in [6, 6.07) is 4.51. The van der Waals surface area contributed by atoms with Crippen LogP contribution in [0.15, 0.2) is 18.2 Å². The van der Waals surface area contributed by atoms with Gasteiger partial charge in [-0.05, 0) is 50.3 Å². The summed E-state index contributed by atoms with van der Waals surface area (Å²) >= 11 is 0. The SMILES string of the molecule is CCCC1(NC[C@]2(O)CCCN(Cc3cc(OC)ccc3F)C2=O)CC1. The van der Waals surface area contributed by atoms with Crippen LogP contribution in [0.1, 0.15) is 51.0 Å². The number of halogens is 1. The first kappa shape index (κ1) is 19.1. The third-order valence-electron chi connectivity index (χ3n) is 5.66. The average molecular weight is 364 g/mol. The molecule has 26 heavy (non-hydrogen) atoms. The first-order chi connectivity index (χ1) is 12.4. The molecule has 0 spiro atoms. The molecule has 1 saturated heterocycles. The van der Waals surface area contributed by atoms with Crippen molar-refractivity contribution in [3.8, 4) is 5.75 Å². The van der Waals surface area contributed by atoms with E-state index in [9.17, 15) is 14.3 Å². The maximum absolute atomic E-state index is 14.1. The summed E-state index contributed by atoms with van der Waals surface area (Å²) in [5.74, 6) is -0.130. The van der Waals surface area contributed by atoms with Crippen molar-refractivity contribution in [2.45, 2.75) is 63.1 Å². The molecule has 0 unspecified atom stereocenters. The van der Waals surface area contributed by atoms with E-state index in [0.29, 0.717) is 30.7 Å².